The van der Waals surface area contributed by atoms with E-state index in [-0.39, 0.29) is 5.92 Å². The van der Waals surface area contributed by atoms with Gasteiger partial charge >= 0.3 is 5.97 Å². The van der Waals surface area contributed by atoms with E-state index in [2.05, 4.69) is 23.8 Å². The highest BCUT2D eigenvalue weighted by molar-refractivity contribution is 5.71. The van der Waals surface area contributed by atoms with E-state index in [1.165, 1.54) is 0 Å². The highest BCUT2D eigenvalue weighted by Crippen LogP contribution is 2.26. The first-order valence-electron chi connectivity index (χ1n) is 7.05. The van der Waals surface area contributed by atoms with Crippen LogP contribution >= 0.6 is 0 Å². The quantitative estimate of drug-likeness (QED) is 0.905. The SMILES string of the molecule is Cc1nc(CCC(C)C)nc2c1CC(C(=O)O)CC2. The molecule has 4 nitrogen and oxygen atoms in total. The first-order chi connectivity index (χ1) is 8.97. The molecule has 4 heteroatoms. The summed E-state index contributed by atoms with van der Waals surface area (Å²) in [6, 6.07) is 0. The number of aryl methyl sites for hydroxylation is 3. The van der Waals surface area contributed by atoms with Gasteiger partial charge in [-0.1, -0.05) is 13.8 Å². The fraction of sp³-hybridized carbons (Fsp3) is 0.667. The molecule has 0 aliphatic heterocycles. The van der Waals surface area contributed by atoms with Gasteiger partial charge in [-0.05, 0) is 44.1 Å². The second kappa shape index (κ2) is 5.68. The largest absolute Gasteiger partial charge is 0.481 e. The van der Waals surface area contributed by atoms with Gasteiger partial charge in [-0.25, -0.2) is 9.97 Å². The van der Waals surface area contributed by atoms with Gasteiger partial charge < -0.3 is 5.11 Å². The monoisotopic (exact) mass is 262 g/mol. The number of carboxylic acid groups (broad SMARTS) is 1. The van der Waals surface area contributed by atoms with Crippen LogP contribution < -0.4 is 0 Å². The van der Waals surface area contributed by atoms with Crippen LogP contribution in [-0.2, 0) is 24.1 Å². The molecular formula is C15H22N2O2. The Hall–Kier alpha value is -1.45. The molecule has 0 saturated carbocycles. The summed E-state index contributed by atoms with van der Waals surface area (Å²) in [5.41, 5.74) is 3.10. The van der Waals surface area contributed by atoms with Crippen molar-refractivity contribution in [1.29, 1.82) is 0 Å². The van der Waals surface area contributed by atoms with Crippen LogP contribution in [0.5, 0.6) is 0 Å². The first kappa shape index (κ1) is 14.0. The molecule has 0 spiro atoms. The van der Waals surface area contributed by atoms with Gasteiger partial charge in [-0.3, -0.25) is 4.79 Å². The van der Waals surface area contributed by atoms with Crippen LogP contribution in [0.4, 0.5) is 0 Å². The van der Waals surface area contributed by atoms with Gasteiger partial charge in [-0.2, -0.15) is 0 Å². The second-order valence-electron chi connectivity index (χ2n) is 5.86. The summed E-state index contributed by atoms with van der Waals surface area (Å²) >= 11 is 0. The van der Waals surface area contributed by atoms with Crippen LogP contribution in [0.1, 0.15) is 49.5 Å². The Balaban J connectivity index is 2.19. The maximum absolute atomic E-state index is 11.1. The smallest absolute Gasteiger partial charge is 0.306 e. The number of carboxylic acids is 1. The molecule has 104 valence electrons. The minimum atomic E-state index is -0.700. The van der Waals surface area contributed by atoms with Gasteiger partial charge in [-0.15, -0.1) is 0 Å². The number of fused-ring (bicyclic) bond motifs is 1. The Morgan fingerprint density at radius 2 is 2.16 bits per heavy atom. The van der Waals surface area contributed by atoms with Crippen molar-refractivity contribution in [3.05, 3.63) is 22.8 Å². The molecular weight excluding hydrogens is 240 g/mol. The van der Waals surface area contributed by atoms with Gasteiger partial charge in [0.1, 0.15) is 5.82 Å². The highest BCUT2D eigenvalue weighted by atomic mass is 16.4. The average Bonchev–Trinajstić information content (AvgIpc) is 2.36. The van der Waals surface area contributed by atoms with Gasteiger partial charge in [0.05, 0.1) is 5.92 Å². The van der Waals surface area contributed by atoms with Gasteiger partial charge in [0.2, 0.25) is 0 Å². The fourth-order valence-electron chi connectivity index (χ4n) is 2.59. The van der Waals surface area contributed by atoms with Gasteiger partial charge in [0.15, 0.2) is 0 Å². The molecule has 1 aliphatic rings. The summed E-state index contributed by atoms with van der Waals surface area (Å²) in [7, 11) is 0. The van der Waals surface area contributed by atoms with Crippen molar-refractivity contribution in [1.82, 2.24) is 9.97 Å². The standard InChI is InChI=1S/C15H22N2O2/c1-9(2)4-7-14-16-10(3)12-8-11(15(18)19)5-6-13(12)17-14/h9,11H,4-8H2,1-3H3,(H,18,19). The summed E-state index contributed by atoms with van der Waals surface area (Å²) in [5, 5.41) is 9.11. The fourth-order valence-corrected chi connectivity index (χ4v) is 2.59. The molecule has 0 amide bonds. The number of rotatable bonds is 4. The zero-order chi connectivity index (χ0) is 14.0. The van der Waals surface area contributed by atoms with Gasteiger partial charge in [0, 0.05) is 17.8 Å². The number of hydrogen-bond acceptors (Lipinski definition) is 3. The van der Waals surface area contributed by atoms with E-state index < -0.39 is 5.97 Å². The number of carbonyl (C=O) groups is 1. The molecule has 1 aromatic rings. The molecule has 1 heterocycles. The van der Waals surface area contributed by atoms with E-state index in [9.17, 15) is 4.79 Å². The van der Waals surface area contributed by atoms with E-state index in [1.807, 2.05) is 6.92 Å². The second-order valence-corrected chi connectivity index (χ2v) is 5.86. The summed E-state index contributed by atoms with van der Waals surface area (Å²) in [5.74, 6) is 0.598. The summed E-state index contributed by atoms with van der Waals surface area (Å²) in [4.78, 5) is 20.3. The van der Waals surface area contributed by atoms with Gasteiger partial charge in [0.25, 0.3) is 0 Å². The Morgan fingerprint density at radius 1 is 1.42 bits per heavy atom. The van der Waals surface area contributed by atoms with Crippen molar-refractivity contribution in [2.75, 3.05) is 0 Å². The third kappa shape index (κ3) is 3.31. The molecule has 0 radical (unpaired) electrons. The maximum atomic E-state index is 11.1. The molecule has 1 aromatic heterocycles. The van der Waals surface area contributed by atoms with E-state index >= 15 is 0 Å². The van der Waals surface area contributed by atoms with Crippen molar-refractivity contribution >= 4 is 5.97 Å². The molecule has 2 rings (SSSR count). The van der Waals surface area contributed by atoms with Crippen LogP contribution in [-0.4, -0.2) is 21.0 Å². The maximum Gasteiger partial charge on any atom is 0.306 e. The number of nitrogens with zero attached hydrogens (tertiary/aromatic N) is 2. The summed E-state index contributed by atoms with van der Waals surface area (Å²) in [6.45, 7) is 6.37. The molecule has 0 bridgehead atoms. The molecule has 1 unspecified atom stereocenters. The minimum Gasteiger partial charge on any atom is -0.481 e. The molecule has 0 fully saturated rings. The normalized spacial score (nSPS) is 18.4. The van der Waals surface area contributed by atoms with Crippen LogP contribution in [0.15, 0.2) is 0 Å². The highest BCUT2D eigenvalue weighted by Gasteiger charge is 2.27. The van der Waals surface area contributed by atoms with Crippen LogP contribution in [0.2, 0.25) is 0 Å². The lowest BCUT2D eigenvalue weighted by molar-refractivity contribution is -0.142. The van der Waals surface area contributed by atoms with Crippen molar-refractivity contribution in [3.63, 3.8) is 0 Å². The van der Waals surface area contributed by atoms with Crippen LogP contribution in [0.25, 0.3) is 0 Å². The first-order valence-corrected chi connectivity index (χ1v) is 7.05. The summed E-state index contributed by atoms with van der Waals surface area (Å²) < 4.78 is 0. The van der Waals surface area contributed by atoms with E-state index in [1.54, 1.807) is 0 Å². The van der Waals surface area contributed by atoms with Crippen LogP contribution in [0.3, 0.4) is 0 Å². The number of aliphatic carboxylic acids is 1. The topological polar surface area (TPSA) is 63.1 Å². The number of aromatic nitrogens is 2. The third-order valence-corrected chi connectivity index (χ3v) is 3.82. The lowest BCUT2D eigenvalue weighted by Crippen LogP contribution is -2.24. The lowest BCUT2D eigenvalue weighted by Gasteiger charge is -2.22. The van der Waals surface area contributed by atoms with Crippen LogP contribution in [0, 0.1) is 18.8 Å². The van der Waals surface area contributed by atoms with Crippen molar-refractivity contribution in [3.8, 4) is 0 Å². The number of hydrogen-bond donors (Lipinski definition) is 1. The Bertz CT molecular complexity index is 483. The van der Waals surface area contributed by atoms with E-state index in [4.69, 9.17) is 5.11 Å². The Kier molecular flexibility index (Phi) is 4.17. The molecule has 0 aromatic carbocycles. The van der Waals surface area contributed by atoms with Crippen molar-refractivity contribution in [2.45, 2.75) is 52.9 Å². The summed E-state index contributed by atoms with van der Waals surface area (Å²) in [6.07, 6.45) is 4.05. The minimum absolute atomic E-state index is 0.267. The zero-order valence-corrected chi connectivity index (χ0v) is 11.9. The molecule has 1 N–H and O–H groups in total. The molecule has 1 aliphatic carbocycles. The molecule has 1 atom stereocenters. The Labute approximate surface area is 114 Å². The third-order valence-electron chi connectivity index (χ3n) is 3.82. The van der Waals surface area contributed by atoms with Crippen molar-refractivity contribution < 1.29 is 9.90 Å². The predicted octanol–water partition coefficient (Wildman–Crippen LogP) is 2.56. The predicted molar refractivity (Wildman–Crippen MR) is 73.1 cm³/mol. The van der Waals surface area contributed by atoms with Crippen molar-refractivity contribution in [2.24, 2.45) is 11.8 Å². The lowest BCUT2D eigenvalue weighted by atomic mass is 9.86. The van der Waals surface area contributed by atoms with E-state index in [0.717, 1.165) is 42.0 Å². The Morgan fingerprint density at radius 3 is 2.79 bits per heavy atom. The average molecular weight is 262 g/mol. The molecule has 0 saturated heterocycles. The van der Waals surface area contributed by atoms with E-state index in [0.29, 0.717) is 18.8 Å². The molecule has 19 heavy (non-hydrogen) atoms. The zero-order valence-electron chi connectivity index (χ0n) is 11.9.